The van der Waals surface area contributed by atoms with Crippen molar-refractivity contribution < 1.29 is 8.78 Å². The van der Waals surface area contributed by atoms with Crippen LogP contribution in [0.1, 0.15) is 32.0 Å². The van der Waals surface area contributed by atoms with Gasteiger partial charge in [-0.05, 0) is 62.2 Å². The molecule has 3 aromatic rings. The number of benzene rings is 1. The second-order valence-electron chi connectivity index (χ2n) is 9.40. The molecule has 2 aromatic heterocycles. The molecule has 9 heteroatoms. The molecule has 4 rings (SSSR count). The van der Waals surface area contributed by atoms with Crippen LogP contribution in [0.15, 0.2) is 47.6 Å². The normalized spacial score (nSPS) is 15.9. The first-order chi connectivity index (χ1) is 17.9. The zero-order valence-electron chi connectivity index (χ0n) is 21.5. The lowest BCUT2D eigenvalue weighted by atomic mass is 10.0. The predicted octanol–water partition coefficient (Wildman–Crippen LogP) is 4.95. The molecule has 1 saturated heterocycles. The number of pyridine rings is 2. The molecule has 0 unspecified atom stereocenters. The molecule has 1 aromatic carbocycles. The van der Waals surface area contributed by atoms with Crippen LogP contribution in [0, 0.1) is 17.0 Å². The molecule has 1 fully saturated rings. The average molecular weight is 506 g/mol. The van der Waals surface area contributed by atoms with Gasteiger partial charge in [-0.15, -0.1) is 0 Å². The van der Waals surface area contributed by atoms with E-state index in [0.717, 1.165) is 68.8 Å². The van der Waals surface area contributed by atoms with Gasteiger partial charge in [-0.25, -0.2) is 13.8 Å². The highest BCUT2D eigenvalue weighted by Crippen LogP contribution is 2.28. The largest absolute Gasteiger partial charge is 0.382 e. The molecule has 1 aliphatic heterocycles. The lowest BCUT2D eigenvalue weighted by Crippen LogP contribution is -2.49. The third-order valence-electron chi connectivity index (χ3n) is 6.66. The van der Waals surface area contributed by atoms with Crippen LogP contribution in [0.4, 0.5) is 14.5 Å². The third-order valence-corrected chi connectivity index (χ3v) is 6.66. The third kappa shape index (κ3) is 6.61. The lowest BCUT2D eigenvalue weighted by Gasteiger charge is -2.36. The molecule has 1 aliphatic rings. The van der Waals surface area contributed by atoms with Crippen LogP contribution in [0.3, 0.4) is 0 Å². The number of aromatic nitrogens is 2. The van der Waals surface area contributed by atoms with Crippen LogP contribution in [0.5, 0.6) is 0 Å². The number of halogens is 2. The van der Waals surface area contributed by atoms with Crippen LogP contribution in [-0.2, 0) is 0 Å². The Balaban J connectivity index is 1.52. The van der Waals surface area contributed by atoms with E-state index in [-0.39, 0.29) is 0 Å². The van der Waals surface area contributed by atoms with Crippen LogP contribution >= 0.6 is 0 Å². The van der Waals surface area contributed by atoms with Crippen molar-refractivity contribution >= 4 is 40.4 Å². The highest BCUT2D eigenvalue weighted by Gasteiger charge is 2.18. The molecular weight excluding hydrogens is 472 g/mol. The molecule has 2 N–H and O–H groups in total. The summed E-state index contributed by atoms with van der Waals surface area (Å²) in [5.41, 5.74) is 4.42. The van der Waals surface area contributed by atoms with E-state index in [1.165, 1.54) is 12.3 Å². The highest BCUT2D eigenvalue weighted by atomic mass is 19.2. The van der Waals surface area contributed by atoms with Crippen molar-refractivity contribution in [2.75, 3.05) is 44.6 Å². The summed E-state index contributed by atoms with van der Waals surface area (Å²) in [6.45, 7) is 12.4. The fourth-order valence-corrected chi connectivity index (χ4v) is 4.43. The fraction of sp³-hybridized carbons (Fsp3) is 0.357. The molecule has 0 radical (unpaired) electrons. The standard InChI is InChI=1S/C28H33F2N7/c1-19(2)37-14-12-36(13-15-37)11-10-32-22-17-27-25(34-18-22)6-7-26(35-27)28(33-9-8-31)20(3)21-4-5-23(29)24(30)16-21/h4-9,16-19,31-32H,10-15H2,1-3H3/b28-20+,31-8?,33-9?. The Hall–Kier alpha value is -3.56. The van der Waals surface area contributed by atoms with E-state index in [9.17, 15) is 8.78 Å². The number of piperazine rings is 1. The maximum absolute atomic E-state index is 13.9. The van der Waals surface area contributed by atoms with E-state index in [1.807, 2.05) is 12.1 Å². The Morgan fingerprint density at radius 1 is 1.08 bits per heavy atom. The van der Waals surface area contributed by atoms with Crippen LogP contribution in [0.25, 0.3) is 22.3 Å². The number of fused-ring (bicyclic) bond motifs is 1. The summed E-state index contributed by atoms with van der Waals surface area (Å²) in [6.07, 6.45) is 4.20. The number of anilines is 1. The number of aliphatic imine (C=N–C) groups is 1. The van der Waals surface area contributed by atoms with Gasteiger partial charge in [0.15, 0.2) is 11.6 Å². The molecule has 3 heterocycles. The van der Waals surface area contributed by atoms with Gasteiger partial charge in [0.1, 0.15) is 0 Å². The summed E-state index contributed by atoms with van der Waals surface area (Å²) in [6, 6.07) is 9.92. The molecular formula is C28H33F2N7. The number of allylic oxidation sites excluding steroid dienone is 1. The van der Waals surface area contributed by atoms with Crippen molar-refractivity contribution in [3.05, 3.63) is 65.5 Å². The monoisotopic (exact) mass is 505 g/mol. The second kappa shape index (κ2) is 12.1. The van der Waals surface area contributed by atoms with E-state index in [2.05, 4.69) is 38.9 Å². The smallest absolute Gasteiger partial charge is 0.159 e. The van der Waals surface area contributed by atoms with E-state index in [0.29, 0.717) is 34.1 Å². The molecule has 0 amide bonds. The molecule has 0 bridgehead atoms. The van der Waals surface area contributed by atoms with Crippen molar-refractivity contribution in [1.82, 2.24) is 19.8 Å². The first kappa shape index (κ1) is 26.5. The quantitative estimate of drug-likeness (QED) is 0.402. The van der Waals surface area contributed by atoms with Crippen molar-refractivity contribution in [3.8, 4) is 0 Å². The summed E-state index contributed by atoms with van der Waals surface area (Å²) in [7, 11) is 0. The summed E-state index contributed by atoms with van der Waals surface area (Å²) in [4.78, 5) is 18.6. The molecule has 7 nitrogen and oxygen atoms in total. The van der Waals surface area contributed by atoms with E-state index < -0.39 is 11.6 Å². The van der Waals surface area contributed by atoms with E-state index >= 15 is 0 Å². The fourth-order valence-electron chi connectivity index (χ4n) is 4.43. The Labute approximate surface area is 216 Å². The first-order valence-corrected chi connectivity index (χ1v) is 12.5. The topological polar surface area (TPSA) is 80.5 Å². The zero-order valence-corrected chi connectivity index (χ0v) is 21.5. The summed E-state index contributed by atoms with van der Waals surface area (Å²) < 4.78 is 27.3. The van der Waals surface area contributed by atoms with Crippen molar-refractivity contribution in [3.63, 3.8) is 0 Å². The zero-order chi connectivity index (χ0) is 26.4. The van der Waals surface area contributed by atoms with Gasteiger partial charge in [0.05, 0.1) is 34.3 Å². The van der Waals surface area contributed by atoms with Crippen LogP contribution < -0.4 is 5.32 Å². The minimum atomic E-state index is -0.930. The van der Waals surface area contributed by atoms with Crippen molar-refractivity contribution in [2.45, 2.75) is 26.8 Å². The van der Waals surface area contributed by atoms with Crippen molar-refractivity contribution in [2.24, 2.45) is 4.99 Å². The van der Waals surface area contributed by atoms with Gasteiger partial charge < -0.3 is 10.7 Å². The first-order valence-electron chi connectivity index (χ1n) is 12.5. The number of hydrogen-bond donors (Lipinski definition) is 2. The van der Waals surface area contributed by atoms with Gasteiger partial charge in [-0.3, -0.25) is 19.8 Å². The van der Waals surface area contributed by atoms with Gasteiger partial charge in [-0.1, -0.05) is 6.07 Å². The second-order valence-corrected chi connectivity index (χ2v) is 9.40. The van der Waals surface area contributed by atoms with Gasteiger partial charge >= 0.3 is 0 Å². The van der Waals surface area contributed by atoms with Crippen LogP contribution in [-0.4, -0.2) is 77.5 Å². The Morgan fingerprint density at radius 2 is 1.86 bits per heavy atom. The van der Waals surface area contributed by atoms with Crippen LogP contribution in [0.2, 0.25) is 0 Å². The van der Waals surface area contributed by atoms with Gasteiger partial charge in [-0.2, -0.15) is 0 Å². The minimum absolute atomic E-state index is 0.468. The molecule has 0 spiro atoms. The Kier molecular flexibility index (Phi) is 8.68. The number of rotatable bonds is 9. The summed E-state index contributed by atoms with van der Waals surface area (Å²) in [5, 5.41) is 10.8. The molecule has 0 aliphatic carbocycles. The average Bonchev–Trinajstić information content (AvgIpc) is 2.90. The predicted molar refractivity (Wildman–Crippen MR) is 147 cm³/mol. The number of nitrogens with one attached hydrogen (secondary N) is 2. The van der Waals surface area contributed by atoms with E-state index in [4.69, 9.17) is 10.4 Å². The molecule has 0 atom stereocenters. The lowest BCUT2D eigenvalue weighted by molar-refractivity contribution is 0.111. The SMILES string of the molecule is C/C(=C(\N=CC=N)c1ccc2ncc(NCCN3CCN(C(C)C)CC3)cc2n1)c1ccc(F)c(F)c1. The van der Waals surface area contributed by atoms with Gasteiger partial charge in [0.25, 0.3) is 0 Å². The molecule has 37 heavy (non-hydrogen) atoms. The van der Waals surface area contributed by atoms with Gasteiger partial charge in [0.2, 0.25) is 0 Å². The van der Waals surface area contributed by atoms with Gasteiger partial charge in [0, 0.05) is 57.7 Å². The summed E-state index contributed by atoms with van der Waals surface area (Å²) in [5.74, 6) is -1.84. The minimum Gasteiger partial charge on any atom is -0.382 e. The molecule has 194 valence electrons. The van der Waals surface area contributed by atoms with Crippen molar-refractivity contribution in [1.29, 1.82) is 5.41 Å². The number of nitrogens with zero attached hydrogens (tertiary/aromatic N) is 5. The Morgan fingerprint density at radius 3 is 2.57 bits per heavy atom. The Bertz CT molecular complexity index is 1310. The number of hydrogen-bond acceptors (Lipinski definition) is 7. The maximum Gasteiger partial charge on any atom is 0.159 e. The molecule has 0 saturated carbocycles. The maximum atomic E-state index is 13.9. The highest BCUT2D eigenvalue weighted by molar-refractivity contribution is 6.16. The van der Waals surface area contributed by atoms with E-state index in [1.54, 1.807) is 19.2 Å². The summed E-state index contributed by atoms with van der Waals surface area (Å²) >= 11 is 0.